The number of rotatable bonds is 3. The topological polar surface area (TPSA) is 31.2 Å². The van der Waals surface area contributed by atoms with Crippen LogP contribution in [0.5, 0.6) is 0 Å². The van der Waals surface area contributed by atoms with Crippen molar-refractivity contribution in [1.29, 1.82) is 0 Å². The fourth-order valence-corrected chi connectivity index (χ4v) is 2.57. The molecule has 0 saturated heterocycles. The predicted octanol–water partition coefficient (Wildman–Crippen LogP) is 3.70. The summed E-state index contributed by atoms with van der Waals surface area (Å²) >= 11 is 3.55. The number of hydrogen-bond donors (Lipinski definition) is 0. The van der Waals surface area contributed by atoms with Gasteiger partial charge in [-0.2, -0.15) is 0 Å². The van der Waals surface area contributed by atoms with Crippen LogP contribution in [0.1, 0.15) is 27.3 Å². The maximum absolute atomic E-state index is 11.7. The maximum atomic E-state index is 11.7. The summed E-state index contributed by atoms with van der Waals surface area (Å²) in [6, 6.07) is 9.96. The lowest BCUT2D eigenvalue weighted by Crippen LogP contribution is -2.07. The van der Waals surface area contributed by atoms with E-state index in [2.05, 4.69) is 26.6 Å². The fourth-order valence-electron chi connectivity index (χ4n) is 2.16. The Hall–Kier alpha value is -1.55. The van der Waals surface area contributed by atoms with Crippen molar-refractivity contribution in [1.82, 2.24) is 4.57 Å². The van der Waals surface area contributed by atoms with E-state index in [0.29, 0.717) is 5.56 Å². The molecule has 0 fully saturated rings. The SMILES string of the molecule is COC(=O)c1cc(C)n(Cc2ccccc2Br)c1C. The van der Waals surface area contributed by atoms with Gasteiger partial charge in [0.05, 0.1) is 12.7 Å². The van der Waals surface area contributed by atoms with Crippen LogP contribution >= 0.6 is 15.9 Å². The Morgan fingerprint density at radius 2 is 2.00 bits per heavy atom. The van der Waals surface area contributed by atoms with Gasteiger partial charge in [0, 0.05) is 22.4 Å². The number of halogens is 1. The number of aryl methyl sites for hydroxylation is 1. The minimum atomic E-state index is -0.286. The van der Waals surface area contributed by atoms with E-state index in [-0.39, 0.29) is 5.97 Å². The Morgan fingerprint density at radius 3 is 2.63 bits per heavy atom. The number of hydrogen-bond acceptors (Lipinski definition) is 2. The van der Waals surface area contributed by atoms with Gasteiger partial charge in [-0.05, 0) is 31.5 Å². The third kappa shape index (κ3) is 2.73. The first-order valence-electron chi connectivity index (χ1n) is 6.03. The Labute approximate surface area is 121 Å². The molecule has 1 heterocycles. The second-order valence-corrected chi connectivity index (χ2v) is 5.31. The Kier molecular flexibility index (Phi) is 4.10. The van der Waals surface area contributed by atoms with E-state index in [0.717, 1.165) is 22.4 Å². The van der Waals surface area contributed by atoms with Gasteiger partial charge in [0.25, 0.3) is 0 Å². The summed E-state index contributed by atoms with van der Waals surface area (Å²) in [7, 11) is 1.40. The maximum Gasteiger partial charge on any atom is 0.339 e. The standard InChI is InChI=1S/C15H16BrNO2/c1-10-8-13(15(18)19-3)11(2)17(10)9-12-6-4-5-7-14(12)16/h4-8H,9H2,1-3H3. The smallest absolute Gasteiger partial charge is 0.339 e. The lowest BCUT2D eigenvalue weighted by molar-refractivity contribution is 0.0600. The Bertz CT molecular complexity index is 617. The van der Waals surface area contributed by atoms with Crippen LogP contribution in [0.3, 0.4) is 0 Å². The molecule has 0 N–H and O–H groups in total. The highest BCUT2D eigenvalue weighted by Gasteiger charge is 2.16. The molecule has 0 radical (unpaired) electrons. The number of ether oxygens (including phenoxy) is 1. The normalized spacial score (nSPS) is 10.5. The monoisotopic (exact) mass is 321 g/mol. The molecule has 2 aromatic rings. The first-order chi connectivity index (χ1) is 9.04. The molecule has 0 amide bonds. The number of esters is 1. The molecule has 0 aliphatic heterocycles. The largest absolute Gasteiger partial charge is 0.465 e. The number of benzene rings is 1. The molecule has 0 atom stereocenters. The van der Waals surface area contributed by atoms with E-state index >= 15 is 0 Å². The number of aromatic nitrogens is 1. The zero-order valence-electron chi connectivity index (χ0n) is 11.2. The van der Waals surface area contributed by atoms with Crippen LogP contribution in [-0.2, 0) is 11.3 Å². The molecule has 1 aromatic heterocycles. The van der Waals surface area contributed by atoms with Gasteiger partial charge in [0.15, 0.2) is 0 Å². The zero-order valence-corrected chi connectivity index (χ0v) is 12.8. The van der Waals surface area contributed by atoms with Crippen molar-refractivity contribution in [2.24, 2.45) is 0 Å². The van der Waals surface area contributed by atoms with Crippen LogP contribution in [0.4, 0.5) is 0 Å². The van der Waals surface area contributed by atoms with Gasteiger partial charge in [-0.3, -0.25) is 0 Å². The van der Waals surface area contributed by atoms with Gasteiger partial charge in [0.1, 0.15) is 0 Å². The minimum Gasteiger partial charge on any atom is -0.465 e. The van der Waals surface area contributed by atoms with E-state index in [1.165, 1.54) is 12.7 Å². The van der Waals surface area contributed by atoms with Crippen molar-refractivity contribution in [3.05, 3.63) is 57.3 Å². The first-order valence-corrected chi connectivity index (χ1v) is 6.82. The highest BCUT2D eigenvalue weighted by atomic mass is 79.9. The van der Waals surface area contributed by atoms with Gasteiger partial charge in [-0.25, -0.2) is 4.79 Å². The van der Waals surface area contributed by atoms with E-state index in [1.54, 1.807) is 0 Å². The first kappa shape index (κ1) is 13.9. The van der Waals surface area contributed by atoms with Crippen molar-refractivity contribution >= 4 is 21.9 Å². The third-order valence-electron chi connectivity index (χ3n) is 3.27. The molecule has 0 aliphatic rings. The average Bonchev–Trinajstić information content (AvgIpc) is 2.68. The van der Waals surface area contributed by atoms with E-state index in [9.17, 15) is 4.79 Å². The van der Waals surface area contributed by atoms with Crippen LogP contribution in [0.25, 0.3) is 0 Å². The summed E-state index contributed by atoms with van der Waals surface area (Å²) in [5.74, 6) is -0.286. The van der Waals surface area contributed by atoms with Gasteiger partial charge in [-0.1, -0.05) is 34.1 Å². The summed E-state index contributed by atoms with van der Waals surface area (Å²) in [5, 5.41) is 0. The van der Waals surface area contributed by atoms with Crippen LogP contribution in [-0.4, -0.2) is 17.6 Å². The minimum absolute atomic E-state index is 0.286. The number of methoxy groups -OCH3 is 1. The molecular formula is C15H16BrNO2. The van der Waals surface area contributed by atoms with Gasteiger partial charge < -0.3 is 9.30 Å². The molecule has 0 saturated carbocycles. The summed E-state index contributed by atoms with van der Waals surface area (Å²) in [5.41, 5.74) is 3.79. The van der Waals surface area contributed by atoms with Crippen LogP contribution in [0.15, 0.2) is 34.8 Å². The number of carbonyl (C=O) groups is 1. The van der Waals surface area contributed by atoms with Crippen molar-refractivity contribution < 1.29 is 9.53 Å². The van der Waals surface area contributed by atoms with Crippen LogP contribution in [0, 0.1) is 13.8 Å². The summed E-state index contributed by atoms with van der Waals surface area (Å²) < 4.78 is 7.99. The third-order valence-corrected chi connectivity index (χ3v) is 4.04. The van der Waals surface area contributed by atoms with Gasteiger partial charge in [-0.15, -0.1) is 0 Å². The Balaban J connectivity index is 2.39. The summed E-state index contributed by atoms with van der Waals surface area (Å²) in [6.45, 7) is 4.67. The lowest BCUT2D eigenvalue weighted by atomic mass is 10.2. The molecular weight excluding hydrogens is 306 g/mol. The van der Waals surface area contributed by atoms with Gasteiger partial charge in [0.2, 0.25) is 0 Å². The molecule has 2 rings (SSSR count). The predicted molar refractivity (Wildman–Crippen MR) is 78.5 cm³/mol. The summed E-state index contributed by atoms with van der Waals surface area (Å²) in [6.07, 6.45) is 0. The van der Waals surface area contributed by atoms with E-state index in [1.807, 2.05) is 38.1 Å². The van der Waals surface area contributed by atoms with E-state index in [4.69, 9.17) is 4.74 Å². The molecule has 100 valence electrons. The quantitative estimate of drug-likeness (QED) is 0.807. The molecule has 0 spiro atoms. The molecule has 0 unspecified atom stereocenters. The van der Waals surface area contributed by atoms with Crippen LogP contribution in [0.2, 0.25) is 0 Å². The molecule has 3 nitrogen and oxygen atoms in total. The summed E-state index contributed by atoms with van der Waals surface area (Å²) in [4.78, 5) is 11.7. The second-order valence-electron chi connectivity index (χ2n) is 4.45. The van der Waals surface area contributed by atoms with Crippen molar-refractivity contribution in [3.8, 4) is 0 Å². The van der Waals surface area contributed by atoms with Gasteiger partial charge >= 0.3 is 5.97 Å². The van der Waals surface area contributed by atoms with Crippen molar-refractivity contribution in [2.45, 2.75) is 20.4 Å². The second kappa shape index (κ2) is 5.61. The average molecular weight is 322 g/mol. The fraction of sp³-hybridized carbons (Fsp3) is 0.267. The van der Waals surface area contributed by atoms with Crippen molar-refractivity contribution in [2.75, 3.05) is 7.11 Å². The number of nitrogens with zero attached hydrogens (tertiary/aromatic N) is 1. The molecule has 19 heavy (non-hydrogen) atoms. The molecule has 4 heteroatoms. The Morgan fingerprint density at radius 1 is 1.32 bits per heavy atom. The molecule has 1 aromatic carbocycles. The number of carbonyl (C=O) groups excluding carboxylic acids is 1. The molecule has 0 bridgehead atoms. The van der Waals surface area contributed by atoms with E-state index < -0.39 is 0 Å². The molecule has 0 aliphatic carbocycles. The highest BCUT2D eigenvalue weighted by molar-refractivity contribution is 9.10. The highest BCUT2D eigenvalue weighted by Crippen LogP contribution is 2.21. The zero-order chi connectivity index (χ0) is 14.0. The van der Waals surface area contributed by atoms with Crippen LogP contribution < -0.4 is 0 Å². The van der Waals surface area contributed by atoms with Crippen molar-refractivity contribution in [3.63, 3.8) is 0 Å². The lowest BCUT2D eigenvalue weighted by Gasteiger charge is -2.11.